The van der Waals surface area contributed by atoms with E-state index in [1.165, 1.54) is 21.2 Å². The Bertz CT molecular complexity index is 1190. The Balaban J connectivity index is 1.42. The van der Waals surface area contributed by atoms with Crippen molar-refractivity contribution in [3.05, 3.63) is 77.9 Å². The summed E-state index contributed by atoms with van der Waals surface area (Å²) in [5, 5.41) is 3.07. The summed E-state index contributed by atoms with van der Waals surface area (Å²) < 4.78 is 32.9. The van der Waals surface area contributed by atoms with Gasteiger partial charge in [0.05, 0.1) is 13.2 Å². The molecule has 8 heteroatoms. The van der Waals surface area contributed by atoms with Crippen LogP contribution in [0.25, 0.3) is 10.4 Å². The average molecular weight is 485 g/mol. The van der Waals surface area contributed by atoms with Crippen molar-refractivity contribution < 1.29 is 17.9 Å². The summed E-state index contributed by atoms with van der Waals surface area (Å²) in [4.78, 5) is 13.6. The van der Waals surface area contributed by atoms with E-state index in [-0.39, 0.29) is 11.9 Å². The molecule has 1 amide bonds. The zero-order chi connectivity index (χ0) is 23.3. The Hall–Kier alpha value is -2.52. The summed E-state index contributed by atoms with van der Waals surface area (Å²) in [5.41, 5.74) is 2.64. The van der Waals surface area contributed by atoms with Crippen LogP contribution in [0.5, 0.6) is 0 Å². The van der Waals surface area contributed by atoms with Gasteiger partial charge in [-0.3, -0.25) is 4.79 Å². The Morgan fingerprint density at radius 1 is 1.06 bits per heavy atom. The molecule has 0 unspecified atom stereocenters. The third-order valence-corrected chi connectivity index (χ3v) is 9.14. The molecule has 1 atom stereocenters. The molecule has 174 valence electrons. The van der Waals surface area contributed by atoms with Crippen molar-refractivity contribution in [2.24, 2.45) is 0 Å². The number of thiophene rings is 1. The van der Waals surface area contributed by atoms with Crippen molar-refractivity contribution in [3.8, 4) is 10.4 Å². The van der Waals surface area contributed by atoms with Gasteiger partial charge in [0.15, 0.2) is 0 Å². The van der Waals surface area contributed by atoms with E-state index in [2.05, 4.69) is 17.4 Å². The largest absolute Gasteiger partial charge is 0.379 e. The molecule has 0 spiro atoms. The highest BCUT2D eigenvalue weighted by Crippen LogP contribution is 2.33. The molecule has 0 saturated carbocycles. The second-order valence-corrected chi connectivity index (χ2v) is 11.4. The first-order chi connectivity index (χ1) is 15.9. The Labute approximate surface area is 199 Å². The normalized spacial score (nSPS) is 15.8. The number of hydrogen-bond acceptors (Lipinski definition) is 5. The number of benzene rings is 2. The molecule has 4 rings (SSSR count). The number of amides is 1. The van der Waals surface area contributed by atoms with Gasteiger partial charge in [-0.05, 0) is 55.2 Å². The number of sulfonamides is 1. The lowest BCUT2D eigenvalue weighted by Crippen LogP contribution is -2.40. The van der Waals surface area contributed by atoms with E-state index in [4.69, 9.17) is 4.74 Å². The van der Waals surface area contributed by atoms with Crippen molar-refractivity contribution >= 4 is 27.3 Å². The third-order valence-electron chi connectivity index (χ3n) is 5.64. The molecular formula is C25H28N2O4S2. The topological polar surface area (TPSA) is 75.7 Å². The molecule has 1 aromatic heterocycles. The van der Waals surface area contributed by atoms with E-state index in [1.807, 2.05) is 43.3 Å². The predicted molar refractivity (Wildman–Crippen MR) is 131 cm³/mol. The second-order valence-electron chi connectivity index (χ2n) is 8.11. The van der Waals surface area contributed by atoms with Crippen LogP contribution in [0.15, 0.2) is 70.9 Å². The van der Waals surface area contributed by atoms with Crippen LogP contribution >= 0.6 is 11.3 Å². The lowest BCUT2D eigenvalue weighted by atomic mass is 10.1. The average Bonchev–Trinajstić information content (AvgIpc) is 3.35. The minimum absolute atomic E-state index is 0.0355. The molecular weight excluding hydrogens is 456 g/mol. The Kier molecular flexibility index (Phi) is 7.60. The molecule has 1 fully saturated rings. The second kappa shape index (κ2) is 10.6. The van der Waals surface area contributed by atoms with Crippen LogP contribution in [0.4, 0.5) is 0 Å². The van der Waals surface area contributed by atoms with Crippen molar-refractivity contribution in [2.45, 2.75) is 30.0 Å². The summed E-state index contributed by atoms with van der Waals surface area (Å²) in [6, 6.07) is 21.0. The van der Waals surface area contributed by atoms with E-state index in [1.54, 1.807) is 18.2 Å². The van der Waals surface area contributed by atoms with Gasteiger partial charge >= 0.3 is 0 Å². The van der Waals surface area contributed by atoms with Crippen molar-refractivity contribution in [1.29, 1.82) is 0 Å². The van der Waals surface area contributed by atoms with Gasteiger partial charge in [-0.1, -0.05) is 42.5 Å². The molecule has 3 aromatic rings. The van der Waals surface area contributed by atoms with Crippen molar-refractivity contribution in [3.63, 3.8) is 0 Å². The lowest BCUT2D eigenvalue weighted by molar-refractivity contribution is 0.0731. The molecule has 1 saturated heterocycles. The minimum atomic E-state index is -3.53. The number of carbonyl (C=O) groups excluding carboxylic acids is 1. The van der Waals surface area contributed by atoms with Crippen LogP contribution in [0.3, 0.4) is 0 Å². The fraction of sp³-hybridized carbons (Fsp3) is 0.320. The zero-order valence-corrected chi connectivity index (χ0v) is 20.2. The van der Waals surface area contributed by atoms with Gasteiger partial charge in [0.1, 0.15) is 4.21 Å². The molecule has 1 aliphatic rings. The molecule has 33 heavy (non-hydrogen) atoms. The summed E-state index contributed by atoms with van der Waals surface area (Å²) in [6.07, 6.45) is 1.75. The molecule has 2 aromatic carbocycles. The van der Waals surface area contributed by atoms with Gasteiger partial charge in [0.2, 0.25) is 0 Å². The molecule has 0 bridgehead atoms. The van der Waals surface area contributed by atoms with Crippen LogP contribution in [0, 0.1) is 0 Å². The molecule has 2 heterocycles. The monoisotopic (exact) mass is 484 g/mol. The summed E-state index contributed by atoms with van der Waals surface area (Å²) in [7, 11) is -3.53. The van der Waals surface area contributed by atoms with Crippen molar-refractivity contribution in [2.75, 3.05) is 26.3 Å². The van der Waals surface area contributed by atoms with E-state index in [0.29, 0.717) is 36.1 Å². The van der Waals surface area contributed by atoms with Crippen molar-refractivity contribution in [1.82, 2.24) is 9.62 Å². The number of ether oxygens (including phenoxy) is 1. The van der Waals surface area contributed by atoms with E-state index in [9.17, 15) is 13.2 Å². The number of nitrogens with zero attached hydrogens (tertiary/aromatic N) is 1. The van der Waals surface area contributed by atoms with Gasteiger partial charge in [-0.2, -0.15) is 4.31 Å². The van der Waals surface area contributed by atoms with Gasteiger partial charge in [-0.25, -0.2) is 8.42 Å². The molecule has 0 radical (unpaired) electrons. The SMILES string of the molecule is C[C@@H](CCc1ccccc1)NC(=O)c1cccc(-c2ccc(S(=O)(=O)N3CCOCC3)s2)c1. The first-order valence-electron chi connectivity index (χ1n) is 11.1. The van der Waals surface area contributed by atoms with Crippen LogP contribution in [0.2, 0.25) is 0 Å². The predicted octanol–water partition coefficient (Wildman–Crippen LogP) is 4.19. The van der Waals surface area contributed by atoms with E-state index in [0.717, 1.165) is 23.3 Å². The summed E-state index contributed by atoms with van der Waals surface area (Å²) in [6.45, 7) is 3.57. The minimum Gasteiger partial charge on any atom is -0.379 e. The molecule has 0 aliphatic carbocycles. The van der Waals surface area contributed by atoms with Gasteiger partial charge in [0, 0.05) is 29.6 Å². The maximum absolute atomic E-state index is 12.9. The smallest absolute Gasteiger partial charge is 0.252 e. The van der Waals surface area contributed by atoms with Gasteiger partial charge < -0.3 is 10.1 Å². The highest BCUT2D eigenvalue weighted by molar-refractivity contribution is 7.91. The van der Waals surface area contributed by atoms with Crippen LogP contribution in [0.1, 0.15) is 29.3 Å². The van der Waals surface area contributed by atoms with Crippen LogP contribution in [-0.4, -0.2) is 51.0 Å². The van der Waals surface area contributed by atoms with Gasteiger partial charge in [-0.15, -0.1) is 11.3 Å². The maximum atomic E-state index is 12.9. The molecule has 6 nitrogen and oxygen atoms in total. The lowest BCUT2D eigenvalue weighted by Gasteiger charge is -2.25. The quantitative estimate of drug-likeness (QED) is 0.520. The number of hydrogen-bond donors (Lipinski definition) is 1. The molecule has 1 aliphatic heterocycles. The molecule has 1 N–H and O–H groups in total. The number of aryl methyl sites for hydroxylation is 1. The van der Waals surface area contributed by atoms with E-state index < -0.39 is 10.0 Å². The first kappa shape index (κ1) is 23.6. The number of nitrogens with one attached hydrogen (secondary N) is 1. The fourth-order valence-corrected chi connectivity index (χ4v) is 6.61. The van der Waals surface area contributed by atoms with Crippen LogP contribution < -0.4 is 5.32 Å². The number of morpholine rings is 1. The standard InChI is InChI=1S/C25H28N2O4S2/c1-19(10-11-20-6-3-2-4-7-20)26-25(28)22-9-5-8-21(18-22)23-12-13-24(32-23)33(29,30)27-14-16-31-17-15-27/h2-9,12-13,18-19H,10-11,14-17H2,1H3,(H,26,28)/t19-/m0/s1. The number of rotatable bonds is 8. The first-order valence-corrected chi connectivity index (χ1v) is 13.3. The highest BCUT2D eigenvalue weighted by Gasteiger charge is 2.28. The van der Waals surface area contributed by atoms with E-state index >= 15 is 0 Å². The Morgan fingerprint density at radius 2 is 1.82 bits per heavy atom. The summed E-state index contributed by atoms with van der Waals surface area (Å²) in [5.74, 6) is -0.130. The van der Waals surface area contributed by atoms with Crippen LogP contribution in [-0.2, 0) is 21.2 Å². The fourth-order valence-electron chi connectivity index (χ4n) is 3.75. The maximum Gasteiger partial charge on any atom is 0.252 e. The van der Waals surface area contributed by atoms with Gasteiger partial charge in [0.25, 0.3) is 15.9 Å². The Morgan fingerprint density at radius 3 is 2.58 bits per heavy atom. The highest BCUT2D eigenvalue weighted by atomic mass is 32.2. The summed E-state index contributed by atoms with van der Waals surface area (Å²) >= 11 is 1.22. The third kappa shape index (κ3) is 5.89. The zero-order valence-electron chi connectivity index (χ0n) is 18.6. The number of carbonyl (C=O) groups is 1.